The minimum absolute atomic E-state index is 0.0707. The largest absolute Gasteiger partial charge is 0.463 e. The van der Waals surface area contributed by atoms with E-state index in [1.807, 2.05) is 0 Å². The predicted molar refractivity (Wildman–Crippen MR) is 84.6 cm³/mol. The molecule has 3 aromatic rings. The number of nitrogens with one attached hydrogen (secondary N) is 1. The van der Waals surface area contributed by atoms with E-state index in [1.54, 1.807) is 30.5 Å². The number of halogens is 3. The summed E-state index contributed by atoms with van der Waals surface area (Å²) in [5.41, 5.74) is -0.0968. The Balaban J connectivity index is 1.75. The number of amides is 1. The second-order valence-electron chi connectivity index (χ2n) is 5.25. The van der Waals surface area contributed by atoms with Crippen LogP contribution in [-0.4, -0.2) is 10.9 Å². The fraction of sp³-hybridized carbons (Fsp3) is 0.111. The average Bonchev–Trinajstić information content (AvgIpc) is 3.14. The zero-order valence-electron chi connectivity index (χ0n) is 12.9. The first-order valence-electron chi connectivity index (χ1n) is 7.38. The normalized spacial score (nSPS) is 11.3. The van der Waals surface area contributed by atoms with Gasteiger partial charge in [-0.3, -0.25) is 9.78 Å². The van der Waals surface area contributed by atoms with Crippen LogP contribution in [0.1, 0.15) is 21.5 Å². The second kappa shape index (κ2) is 6.80. The van der Waals surface area contributed by atoms with E-state index in [4.69, 9.17) is 4.42 Å². The van der Waals surface area contributed by atoms with Crippen molar-refractivity contribution in [3.05, 3.63) is 77.7 Å². The first-order valence-corrected chi connectivity index (χ1v) is 7.38. The van der Waals surface area contributed by atoms with E-state index in [2.05, 4.69) is 10.3 Å². The SMILES string of the molecule is O=C(NCc1ccnc(-c2ccco2)c1)c1ccccc1C(F)(F)F. The minimum atomic E-state index is -4.59. The molecule has 1 aromatic carbocycles. The lowest BCUT2D eigenvalue weighted by Crippen LogP contribution is -2.25. The van der Waals surface area contributed by atoms with Crippen LogP contribution in [0.2, 0.25) is 0 Å². The first kappa shape index (κ1) is 16.8. The van der Waals surface area contributed by atoms with Gasteiger partial charge in [-0.25, -0.2) is 0 Å². The van der Waals surface area contributed by atoms with Crippen molar-refractivity contribution in [1.29, 1.82) is 0 Å². The summed E-state index contributed by atoms with van der Waals surface area (Å²) in [7, 11) is 0. The van der Waals surface area contributed by atoms with E-state index >= 15 is 0 Å². The minimum Gasteiger partial charge on any atom is -0.463 e. The van der Waals surface area contributed by atoms with Gasteiger partial charge in [-0.2, -0.15) is 13.2 Å². The maximum absolute atomic E-state index is 13.0. The Hall–Kier alpha value is -3.09. The standard InChI is InChI=1S/C18H13F3N2O2/c19-18(20,21)14-5-2-1-4-13(14)17(24)23-11-12-7-8-22-15(10-12)16-6-3-9-25-16/h1-10H,11H2,(H,23,24). The van der Waals surface area contributed by atoms with Crippen molar-refractivity contribution in [2.24, 2.45) is 0 Å². The van der Waals surface area contributed by atoms with Crippen LogP contribution in [-0.2, 0) is 12.7 Å². The highest BCUT2D eigenvalue weighted by Gasteiger charge is 2.34. The van der Waals surface area contributed by atoms with Gasteiger partial charge in [0.1, 0.15) is 5.69 Å². The van der Waals surface area contributed by atoms with Crippen LogP contribution < -0.4 is 5.32 Å². The van der Waals surface area contributed by atoms with Crippen molar-refractivity contribution < 1.29 is 22.4 Å². The Bertz CT molecular complexity index is 874. The fourth-order valence-corrected chi connectivity index (χ4v) is 2.35. The number of furan rings is 1. The van der Waals surface area contributed by atoms with Crippen LogP contribution in [0.4, 0.5) is 13.2 Å². The maximum Gasteiger partial charge on any atom is 0.417 e. The number of benzene rings is 1. The summed E-state index contributed by atoms with van der Waals surface area (Å²) in [6, 6.07) is 11.5. The molecule has 0 saturated heterocycles. The van der Waals surface area contributed by atoms with Crippen LogP contribution in [0, 0.1) is 0 Å². The Kier molecular flexibility index (Phi) is 4.56. The smallest absolute Gasteiger partial charge is 0.417 e. The molecule has 0 spiro atoms. The van der Waals surface area contributed by atoms with Crippen molar-refractivity contribution in [3.8, 4) is 11.5 Å². The molecule has 0 bridgehead atoms. The van der Waals surface area contributed by atoms with Gasteiger partial charge in [-0.1, -0.05) is 12.1 Å². The van der Waals surface area contributed by atoms with E-state index in [-0.39, 0.29) is 6.54 Å². The lowest BCUT2D eigenvalue weighted by atomic mass is 10.1. The number of hydrogen-bond donors (Lipinski definition) is 1. The van der Waals surface area contributed by atoms with Crippen LogP contribution in [0.3, 0.4) is 0 Å². The van der Waals surface area contributed by atoms with Gasteiger partial charge in [0, 0.05) is 12.7 Å². The molecule has 0 radical (unpaired) electrons. The lowest BCUT2D eigenvalue weighted by Gasteiger charge is -2.12. The number of aromatic nitrogens is 1. The molecule has 0 aliphatic carbocycles. The van der Waals surface area contributed by atoms with E-state index < -0.39 is 23.2 Å². The summed E-state index contributed by atoms with van der Waals surface area (Å²) in [6.07, 6.45) is -1.53. The van der Waals surface area contributed by atoms with Crippen molar-refractivity contribution in [3.63, 3.8) is 0 Å². The third-order valence-electron chi connectivity index (χ3n) is 3.53. The molecule has 2 aromatic heterocycles. The summed E-state index contributed by atoms with van der Waals surface area (Å²) < 4.78 is 44.2. The molecule has 0 atom stereocenters. The molecule has 128 valence electrons. The molecule has 3 rings (SSSR count). The van der Waals surface area contributed by atoms with Crippen molar-refractivity contribution in [2.75, 3.05) is 0 Å². The molecule has 0 saturated carbocycles. The van der Waals surface area contributed by atoms with E-state index in [0.29, 0.717) is 17.0 Å². The zero-order chi connectivity index (χ0) is 17.9. The highest BCUT2D eigenvalue weighted by atomic mass is 19.4. The van der Waals surface area contributed by atoms with Crippen LogP contribution in [0.25, 0.3) is 11.5 Å². The molecule has 1 amide bonds. The summed E-state index contributed by atoms with van der Waals surface area (Å²) in [5, 5.41) is 2.50. The molecular formula is C18H13F3N2O2. The van der Waals surface area contributed by atoms with Crippen LogP contribution in [0.5, 0.6) is 0 Å². The Morgan fingerprint density at radius 3 is 2.64 bits per heavy atom. The number of carbonyl (C=O) groups excluding carboxylic acids is 1. The third-order valence-corrected chi connectivity index (χ3v) is 3.53. The zero-order valence-corrected chi connectivity index (χ0v) is 12.9. The molecule has 25 heavy (non-hydrogen) atoms. The van der Waals surface area contributed by atoms with Gasteiger partial charge in [-0.05, 0) is 42.0 Å². The van der Waals surface area contributed by atoms with Gasteiger partial charge in [0.05, 0.1) is 17.4 Å². The second-order valence-corrected chi connectivity index (χ2v) is 5.25. The first-order chi connectivity index (χ1) is 11.9. The number of nitrogens with zero attached hydrogens (tertiary/aromatic N) is 1. The summed E-state index contributed by atoms with van der Waals surface area (Å²) in [4.78, 5) is 16.3. The summed E-state index contributed by atoms with van der Waals surface area (Å²) >= 11 is 0. The predicted octanol–water partition coefficient (Wildman–Crippen LogP) is 4.29. The molecule has 2 heterocycles. The highest BCUT2D eigenvalue weighted by molar-refractivity contribution is 5.95. The van der Waals surface area contributed by atoms with E-state index in [0.717, 1.165) is 12.1 Å². The number of hydrogen-bond acceptors (Lipinski definition) is 3. The molecule has 0 aliphatic rings. The summed E-state index contributed by atoms with van der Waals surface area (Å²) in [5.74, 6) is -0.222. The number of alkyl halides is 3. The van der Waals surface area contributed by atoms with Gasteiger partial charge in [-0.15, -0.1) is 0 Å². The summed E-state index contributed by atoms with van der Waals surface area (Å²) in [6.45, 7) is 0.0707. The van der Waals surface area contributed by atoms with Gasteiger partial charge in [0.25, 0.3) is 5.91 Å². The Morgan fingerprint density at radius 2 is 1.92 bits per heavy atom. The van der Waals surface area contributed by atoms with Gasteiger partial charge in [0.15, 0.2) is 5.76 Å². The topological polar surface area (TPSA) is 55.1 Å². The third kappa shape index (κ3) is 3.88. The van der Waals surface area contributed by atoms with Gasteiger partial charge < -0.3 is 9.73 Å². The van der Waals surface area contributed by atoms with Crippen molar-refractivity contribution >= 4 is 5.91 Å². The van der Waals surface area contributed by atoms with Crippen LogP contribution in [0.15, 0.2) is 65.4 Å². The molecule has 0 unspecified atom stereocenters. The molecule has 1 N–H and O–H groups in total. The van der Waals surface area contributed by atoms with Crippen LogP contribution >= 0.6 is 0 Å². The number of rotatable bonds is 4. The molecular weight excluding hydrogens is 333 g/mol. The van der Waals surface area contributed by atoms with Crippen molar-refractivity contribution in [2.45, 2.75) is 12.7 Å². The molecule has 0 aliphatic heterocycles. The maximum atomic E-state index is 13.0. The quantitative estimate of drug-likeness (QED) is 0.767. The number of pyridine rings is 1. The Morgan fingerprint density at radius 1 is 1.12 bits per heavy atom. The molecule has 7 heteroatoms. The highest BCUT2D eigenvalue weighted by Crippen LogP contribution is 2.31. The van der Waals surface area contributed by atoms with E-state index in [1.165, 1.54) is 18.4 Å². The van der Waals surface area contributed by atoms with E-state index in [9.17, 15) is 18.0 Å². The fourth-order valence-electron chi connectivity index (χ4n) is 2.35. The van der Waals surface area contributed by atoms with Gasteiger partial charge in [0.2, 0.25) is 0 Å². The number of carbonyl (C=O) groups is 1. The molecule has 4 nitrogen and oxygen atoms in total. The molecule has 0 fully saturated rings. The Labute approximate surface area is 141 Å². The van der Waals surface area contributed by atoms with Crippen molar-refractivity contribution in [1.82, 2.24) is 10.3 Å². The lowest BCUT2D eigenvalue weighted by molar-refractivity contribution is -0.137. The van der Waals surface area contributed by atoms with Gasteiger partial charge >= 0.3 is 6.18 Å². The monoisotopic (exact) mass is 346 g/mol. The average molecular weight is 346 g/mol.